The van der Waals surface area contributed by atoms with E-state index in [0.717, 1.165) is 29.4 Å². The predicted molar refractivity (Wildman–Crippen MR) is 99.8 cm³/mol. The van der Waals surface area contributed by atoms with E-state index >= 15 is 0 Å². The molecule has 0 saturated carbocycles. The summed E-state index contributed by atoms with van der Waals surface area (Å²) in [7, 11) is 0. The number of hydrogen-bond acceptors (Lipinski definition) is 2. The van der Waals surface area contributed by atoms with Crippen LogP contribution < -0.4 is 5.63 Å². The Morgan fingerprint density at radius 1 is 0.960 bits per heavy atom. The third kappa shape index (κ3) is 2.21. The molecule has 2 heteroatoms. The molecule has 2 atom stereocenters. The minimum Gasteiger partial charge on any atom is -0.422 e. The van der Waals surface area contributed by atoms with Gasteiger partial charge in [0.1, 0.15) is 5.58 Å². The molecule has 3 aromatic rings. The van der Waals surface area contributed by atoms with E-state index in [-0.39, 0.29) is 11.5 Å². The van der Waals surface area contributed by atoms with E-state index < -0.39 is 0 Å². The van der Waals surface area contributed by atoms with Crippen molar-refractivity contribution in [2.24, 2.45) is 5.92 Å². The van der Waals surface area contributed by atoms with Crippen molar-refractivity contribution in [3.8, 4) is 0 Å². The van der Waals surface area contributed by atoms with E-state index in [1.807, 2.05) is 36.4 Å². The fourth-order valence-electron chi connectivity index (χ4n) is 4.42. The number of rotatable bonds is 2. The van der Waals surface area contributed by atoms with Gasteiger partial charge >= 0.3 is 5.63 Å². The first kappa shape index (κ1) is 14.5. The van der Waals surface area contributed by atoms with Crippen LogP contribution in [0.4, 0.5) is 0 Å². The van der Waals surface area contributed by atoms with E-state index in [0.29, 0.717) is 11.5 Å². The molecule has 0 fully saturated rings. The van der Waals surface area contributed by atoms with Gasteiger partial charge in [-0.25, -0.2) is 4.79 Å². The van der Waals surface area contributed by atoms with Crippen molar-refractivity contribution in [1.29, 1.82) is 0 Å². The van der Waals surface area contributed by atoms with Crippen LogP contribution in [0.15, 0.2) is 87.6 Å². The molecule has 122 valence electrons. The summed E-state index contributed by atoms with van der Waals surface area (Å²) < 4.78 is 5.67. The molecule has 0 unspecified atom stereocenters. The molecule has 1 heterocycles. The van der Waals surface area contributed by atoms with Gasteiger partial charge in [-0.2, -0.15) is 0 Å². The second kappa shape index (κ2) is 5.59. The molecular formula is C23H18O2. The van der Waals surface area contributed by atoms with Gasteiger partial charge in [0, 0.05) is 16.9 Å². The van der Waals surface area contributed by atoms with Crippen molar-refractivity contribution >= 4 is 11.0 Å². The van der Waals surface area contributed by atoms with Crippen LogP contribution in [0, 0.1) is 5.92 Å². The summed E-state index contributed by atoms with van der Waals surface area (Å²) in [5, 5.41) is 1.07. The van der Waals surface area contributed by atoms with E-state index in [1.54, 1.807) is 0 Å². The summed E-state index contributed by atoms with van der Waals surface area (Å²) in [4.78, 5) is 12.9. The highest BCUT2D eigenvalue weighted by atomic mass is 16.4. The molecule has 2 aromatic carbocycles. The van der Waals surface area contributed by atoms with Crippen molar-refractivity contribution in [2.45, 2.75) is 18.8 Å². The lowest BCUT2D eigenvalue weighted by molar-refractivity contribution is 0.534. The minimum absolute atomic E-state index is 0.0612. The maximum absolute atomic E-state index is 12.9. The van der Waals surface area contributed by atoms with Gasteiger partial charge in [0.2, 0.25) is 0 Å². The Balaban J connectivity index is 1.79. The summed E-state index contributed by atoms with van der Waals surface area (Å²) in [6.07, 6.45) is 8.57. The molecule has 0 saturated heterocycles. The standard InChI is InChI=1S/C23H18O2/c24-23-22-19(17-12-6-7-13-20(17)25-23)14-18(15-8-4-5-9-15)21(22)16-10-2-1-3-11-16/h1-4,6-13,18,21H,5,14H2/t18-,21-/m1/s1. The zero-order valence-electron chi connectivity index (χ0n) is 13.8. The quantitative estimate of drug-likeness (QED) is 0.622. The highest BCUT2D eigenvalue weighted by molar-refractivity contribution is 5.82. The Labute approximate surface area is 146 Å². The number of benzene rings is 2. The average molecular weight is 326 g/mol. The van der Waals surface area contributed by atoms with Crippen molar-refractivity contribution in [1.82, 2.24) is 0 Å². The van der Waals surface area contributed by atoms with Gasteiger partial charge in [-0.3, -0.25) is 0 Å². The smallest absolute Gasteiger partial charge is 0.340 e. The summed E-state index contributed by atoms with van der Waals surface area (Å²) in [5.74, 6) is 0.357. The Kier molecular flexibility index (Phi) is 3.24. The van der Waals surface area contributed by atoms with Gasteiger partial charge in [-0.05, 0) is 41.5 Å². The van der Waals surface area contributed by atoms with Gasteiger partial charge in [0.05, 0.1) is 0 Å². The number of allylic oxidation sites excluding steroid dienone is 4. The number of para-hydroxylation sites is 1. The van der Waals surface area contributed by atoms with Crippen LogP contribution in [-0.4, -0.2) is 0 Å². The fourth-order valence-corrected chi connectivity index (χ4v) is 4.42. The first-order chi connectivity index (χ1) is 12.3. The van der Waals surface area contributed by atoms with Crippen LogP contribution >= 0.6 is 0 Å². The van der Waals surface area contributed by atoms with Crippen molar-refractivity contribution in [2.75, 3.05) is 0 Å². The molecule has 0 spiro atoms. The second-order valence-electron chi connectivity index (χ2n) is 6.82. The predicted octanol–water partition coefficient (Wildman–Crippen LogP) is 4.98. The molecule has 25 heavy (non-hydrogen) atoms. The Morgan fingerprint density at radius 3 is 2.56 bits per heavy atom. The second-order valence-corrected chi connectivity index (χ2v) is 6.82. The monoisotopic (exact) mass is 326 g/mol. The van der Waals surface area contributed by atoms with Gasteiger partial charge < -0.3 is 4.42 Å². The Bertz CT molecular complexity index is 1070. The zero-order valence-corrected chi connectivity index (χ0v) is 13.8. The highest BCUT2D eigenvalue weighted by Crippen LogP contribution is 2.47. The van der Waals surface area contributed by atoms with Crippen molar-refractivity contribution in [3.05, 3.63) is 106 Å². The molecule has 0 N–H and O–H groups in total. The lowest BCUT2D eigenvalue weighted by Gasteiger charge is -2.20. The topological polar surface area (TPSA) is 30.2 Å². The van der Waals surface area contributed by atoms with Crippen molar-refractivity contribution in [3.63, 3.8) is 0 Å². The zero-order chi connectivity index (χ0) is 16.8. The molecular weight excluding hydrogens is 308 g/mol. The van der Waals surface area contributed by atoms with Crippen LogP contribution in [0.2, 0.25) is 0 Å². The lowest BCUT2D eigenvalue weighted by Crippen LogP contribution is -2.16. The van der Waals surface area contributed by atoms with E-state index in [2.05, 4.69) is 36.4 Å². The highest BCUT2D eigenvalue weighted by Gasteiger charge is 2.39. The molecule has 2 aliphatic rings. The Morgan fingerprint density at radius 2 is 1.76 bits per heavy atom. The van der Waals surface area contributed by atoms with Gasteiger partial charge in [-0.15, -0.1) is 0 Å². The van der Waals surface area contributed by atoms with E-state index in [4.69, 9.17) is 4.42 Å². The fraction of sp³-hybridized carbons (Fsp3) is 0.174. The Hall–Kier alpha value is -2.87. The molecule has 0 radical (unpaired) electrons. The summed E-state index contributed by atoms with van der Waals surface area (Å²) in [5.41, 5.74) is 5.04. The minimum atomic E-state index is -0.187. The first-order valence-electron chi connectivity index (χ1n) is 8.79. The average Bonchev–Trinajstić information content (AvgIpc) is 3.30. The van der Waals surface area contributed by atoms with Crippen LogP contribution in [-0.2, 0) is 6.42 Å². The van der Waals surface area contributed by atoms with Crippen LogP contribution in [0.25, 0.3) is 11.0 Å². The first-order valence-corrected chi connectivity index (χ1v) is 8.79. The molecule has 0 bridgehead atoms. The normalized spacial score (nSPS) is 21.5. The maximum atomic E-state index is 12.9. The van der Waals surface area contributed by atoms with E-state index in [1.165, 1.54) is 11.1 Å². The molecule has 0 aliphatic heterocycles. The molecule has 0 amide bonds. The number of fused-ring (bicyclic) bond motifs is 3. The van der Waals surface area contributed by atoms with Crippen molar-refractivity contribution < 1.29 is 4.42 Å². The van der Waals surface area contributed by atoms with Crippen LogP contribution in [0.3, 0.4) is 0 Å². The largest absolute Gasteiger partial charge is 0.422 e. The van der Waals surface area contributed by atoms with Crippen LogP contribution in [0.1, 0.15) is 29.0 Å². The molecule has 2 aliphatic carbocycles. The van der Waals surface area contributed by atoms with Gasteiger partial charge in [-0.1, -0.05) is 66.8 Å². The maximum Gasteiger partial charge on any atom is 0.340 e. The van der Waals surface area contributed by atoms with E-state index in [9.17, 15) is 4.79 Å². The molecule has 1 aromatic heterocycles. The summed E-state index contributed by atoms with van der Waals surface area (Å²) in [6, 6.07) is 18.3. The van der Waals surface area contributed by atoms with Crippen LogP contribution in [0.5, 0.6) is 0 Å². The lowest BCUT2D eigenvalue weighted by atomic mass is 9.82. The SMILES string of the molecule is O=c1oc2ccccc2c2c1[C@H](c1ccccc1)[C@@H](C1=CCC=C1)C2. The van der Waals surface area contributed by atoms with Gasteiger partial charge in [0.25, 0.3) is 0 Å². The summed E-state index contributed by atoms with van der Waals surface area (Å²) in [6.45, 7) is 0. The third-order valence-corrected chi connectivity index (χ3v) is 5.48. The molecule has 2 nitrogen and oxygen atoms in total. The third-order valence-electron chi connectivity index (χ3n) is 5.48. The molecule has 5 rings (SSSR count). The number of hydrogen-bond donors (Lipinski definition) is 0. The summed E-state index contributed by atoms with van der Waals surface area (Å²) >= 11 is 0. The van der Waals surface area contributed by atoms with Gasteiger partial charge in [0.15, 0.2) is 0 Å².